The van der Waals surface area contributed by atoms with Crippen molar-refractivity contribution in [1.82, 2.24) is 4.98 Å². The van der Waals surface area contributed by atoms with E-state index >= 15 is 0 Å². The molecule has 0 saturated carbocycles. The Hall–Kier alpha value is -4.35. The third kappa shape index (κ3) is 2.81. The van der Waals surface area contributed by atoms with Crippen LogP contribution in [0.1, 0.15) is 26.6 Å². The average molecular weight is 458 g/mol. The van der Waals surface area contributed by atoms with Gasteiger partial charge in [0, 0.05) is 28.1 Å². The van der Waals surface area contributed by atoms with E-state index in [0.29, 0.717) is 16.7 Å². The first-order valence-electron chi connectivity index (χ1n) is 10.9. The Morgan fingerprint density at radius 1 is 0.706 bits per heavy atom. The van der Waals surface area contributed by atoms with Crippen molar-refractivity contribution < 1.29 is 14.0 Å². The lowest BCUT2D eigenvalue weighted by atomic mass is 10.0. The van der Waals surface area contributed by atoms with Crippen LogP contribution in [0.4, 0.5) is 0 Å². The van der Waals surface area contributed by atoms with Crippen LogP contribution in [-0.2, 0) is 0 Å². The minimum Gasteiger partial charge on any atom is -0.436 e. The molecule has 0 atom stereocenters. The van der Waals surface area contributed by atoms with E-state index in [1.54, 1.807) is 12.1 Å². The quantitative estimate of drug-likeness (QED) is 0.202. The largest absolute Gasteiger partial charge is 0.436 e. The van der Waals surface area contributed by atoms with Crippen molar-refractivity contribution in [3.63, 3.8) is 0 Å². The molecule has 7 rings (SSSR count). The van der Waals surface area contributed by atoms with Crippen LogP contribution in [0, 0.1) is 0 Å². The monoisotopic (exact) mass is 457 g/mol. The summed E-state index contributed by atoms with van der Waals surface area (Å²) in [6.07, 6.45) is 1.47. The maximum Gasteiger partial charge on any atom is 0.221 e. The van der Waals surface area contributed by atoms with Crippen LogP contribution < -0.4 is 0 Å². The van der Waals surface area contributed by atoms with Crippen molar-refractivity contribution in [3.8, 4) is 10.4 Å². The fourth-order valence-corrected chi connectivity index (χ4v) is 5.65. The number of ketones is 2. The molecule has 0 saturated heterocycles. The first-order chi connectivity index (χ1) is 16.7. The van der Waals surface area contributed by atoms with Crippen LogP contribution in [0.2, 0.25) is 0 Å². The average Bonchev–Trinajstić information content (AvgIpc) is 3.50. The van der Waals surface area contributed by atoms with Gasteiger partial charge in [0.25, 0.3) is 0 Å². The lowest BCUT2D eigenvalue weighted by Gasteiger charge is -2.03. The fraction of sp³-hybridized carbons (Fsp3) is 0. The number of carbonyl (C=O) groups excluding carboxylic acids is 2. The van der Waals surface area contributed by atoms with Crippen LogP contribution in [-0.4, -0.2) is 16.6 Å². The molecule has 4 nitrogen and oxygen atoms in total. The Morgan fingerprint density at radius 3 is 2.06 bits per heavy atom. The van der Waals surface area contributed by atoms with Gasteiger partial charge in [0.2, 0.25) is 5.89 Å². The second-order valence-corrected chi connectivity index (χ2v) is 9.35. The van der Waals surface area contributed by atoms with Gasteiger partial charge in [-0.25, -0.2) is 0 Å². The number of allylic oxidation sites excluding steroid dienone is 1. The summed E-state index contributed by atoms with van der Waals surface area (Å²) in [4.78, 5) is 32.4. The van der Waals surface area contributed by atoms with E-state index in [9.17, 15) is 9.59 Å². The van der Waals surface area contributed by atoms with E-state index in [4.69, 9.17) is 4.42 Å². The van der Waals surface area contributed by atoms with E-state index in [0.717, 1.165) is 26.0 Å². The van der Waals surface area contributed by atoms with Crippen LogP contribution in [0.3, 0.4) is 0 Å². The zero-order chi connectivity index (χ0) is 22.8. The number of fused-ring (bicyclic) bond motifs is 4. The maximum absolute atomic E-state index is 13.0. The van der Waals surface area contributed by atoms with Gasteiger partial charge in [0.15, 0.2) is 22.0 Å². The molecule has 2 heterocycles. The van der Waals surface area contributed by atoms with E-state index in [2.05, 4.69) is 29.2 Å². The Bertz CT molecular complexity index is 1760. The van der Waals surface area contributed by atoms with Gasteiger partial charge in [-0.1, -0.05) is 66.7 Å². The standard InChI is InChI=1S/C29H15NO3S/c31-27-21-12-17-7-1-2-8-18(17)13-22(21)28(32)23(27)14-26-30-29-24(33-26)15-25(34-29)20-11-5-9-16-6-3-4-10-19(16)20/h1-15H. The Morgan fingerprint density at radius 2 is 1.35 bits per heavy atom. The summed E-state index contributed by atoms with van der Waals surface area (Å²) in [7, 11) is 0. The second-order valence-electron chi connectivity index (χ2n) is 8.32. The number of Topliss-reactive ketones (excluding diaryl/α,β-unsaturated/α-hetero) is 2. The highest BCUT2D eigenvalue weighted by molar-refractivity contribution is 7.21. The number of benzene rings is 4. The van der Waals surface area contributed by atoms with Crippen molar-refractivity contribution in [2.75, 3.05) is 0 Å². The van der Waals surface area contributed by atoms with E-state index in [-0.39, 0.29) is 23.0 Å². The normalized spacial score (nSPS) is 13.4. The zero-order valence-corrected chi connectivity index (χ0v) is 18.6. The fourth-order valence-electron chi connectivity index (χ4n) is 4.65. The molecule has 0 amide bonds. The Kier molecular flexibility index (Phi) is 3.98. The number of hydrogen-bond donors (Lipinski definition) is 0. The molecule has 6 aromatic rings. The SMILES string of the molecule is O=C1C(=Cc2nc3sc(-c4cccc5ccccc45)cc3o2)C(=O)c2cc3ccccc3cc21. The summed E-state index contributed by atoms with van der Waals surface area (Å²) in [5.41, 5.74) is 2.72. The minimum atomic E-state index is -0.288. The number of aromatic nitrogens is 1. The number of thiophene rings is 1. The van der Waals surface area contributed by atoms with Gasteiger partial charge in [-0.05, 0) is 39.2 Å². The maximum atomic E-state index is 13.0. The smallest absolute Gasteiger partial charge is 0.221 e. The molecule has 34 heavy (non-hydrogen) atoms. The third-order valence-electron chi connectivity index (χ3n) is 6.29. The molecule has 0 radical (unpaired) electrons. The number of rotatable bonds is 2. The molecule has 0 spiro atoms. The molecule has 0 N–H and O–H groups in total. The second kappa shape index (κ2) is 7.07. The molecular weight excluding hydrogens is 442 g/mol. The summed E-state index contributed by atoms with van der Waals surface area (Å²) in [5.74, 6) is -0.313. The Labute approximate surface area is 197 Å². The molecule has 1 aliphatic carbocycles. The van der Waals surface area contributed by atoms with E-state index < -0.39 is 0 Å². The van der Waals surface area contributed by atoms with Gasteiger partial charge in [0.1, 0.15) is 0 Å². The molecule has 1 aliphatic rings. The van der Waals surface area contributed by atoms with Crippen LogP contribution in [0.25, 0.3) is 48.5 Å². The lowest BCUT2D eigenvalue weighted by molar-refractivity contribution is 0.0990. The van der Waals surface area contributed by atoms with Gasteiger partial charge in [-0.15, -0.1) is 11.3 Å². The predicted molar refractivity (Wildman–Crippen MR) is 135 cm³/mol. The number of oxazole rings is 1. The summed E-state index contributed by atoms with van der Waals surface area (Å²) >= 11 is 1.53. The third-order valence-corrected chi connectivity index (χ3v) is 7.34. The van der Waals surface area contributed by atoms with Crippen molar-refractivity contribution in [3.05, 3.63) is 108 Å². The number of nitrogens with zero attached hydrogens (tertiary/aromatic N) is 1. The molecular formula is C29H15NO3S. The Balaban J connectivity index is 1.28. The van der Waals surface area contributed by atoms with Gasteiger partial charge in [-0.2, -0.15) is 4.98 Å². The van der Waals surface area contributed by atoms with Gasteiger partial charge in [-0.3, -0.25) is 9.59 Å². The van der Waals surface area contributed by atoms with Crippen molar-refractivity contribution in [1.29, 1.82) is 0 Å². The molecule has 0 aliphatic heterocycles. The molecule has 4 aromatic carbocycles. The van der Waals surface area contributed by atoms with Crippen LogP contribution in [0.5, 0.6) is 0 Å². The van der Waals surface area contributed by atoms with Crippen molar-refractivity contribution in [2.45, 2.75) is 0 Å². The lowest BCUT2D eigenvalue weighted by Crippen LogP contribution is -2.00. The van der Waals surface area contributed by atoms with Crippen molar-refractivity contribution >= 4 is 60.9 Å². The predicted octanol–water partition coefficient (Wildman–Crippen LogP) is 7.33. The topological polar surface area (TPSA) is 60.2 Å². The number of hydrogen-bond acceptors (Lipinski definition) is 5. The van der Waals surface area contributed by atoms with Crippen LogP contribution >= 0.6 is 11.3 Å². The molecule has 0 unspecified atom stereocenters. The minimum absolute atomic E-state index is 0.0912. The highest BCUT2D eigenvalue weighted by atomic mass is 32.1. The first kappa shape index (κ1) is 19.1. The molecule has 5 heteroatoms. The first-order valence-corrected chi connectivity index (χ1v) is 11.7. The zero-order valence-electron chi connectivity index (χ0n) is 17.7. The summed E-state index contributed by atoms with van der Waals surface area (Å²) in [5, 5.41) is 4.21. The van der Waals surface area contributed by atoms with Gasteiger partial charge < -0.3 is 4.42 Å². The highest BCUT2D eigenvalue weighted by Crippen LogP contribution is 2.38. The van der Waals surface area contributed by atoms with Crippen LogP contribution in [0.15, 0.2) is 94.9 Å². The molecule has 160 valence electrons. The molecule has 0 fully saturated rings. The summed E-state index contributed by atoms with van der Waals surface area (Å²) in [6, 6.07) is 27.7. The van der Waals surface area contributed by atoms with E-state index in [1.165, 1.54) is 28.2 Å². The van der Waals surface area contributed by atoms with Gasteiger partial charge in [0.05, 0.1) is 5.57 Å². The molecule has 2 aromatic heterocycles. The summed E-state index contributed by atoms with van der Waals surface area (Å²) in [6.45, 7) is 0. The number of carbonyl (C=O) groups is 2. The van der Waals surface area contributed by atoms with Gasteiger partial charge >= 0.3 is 0 Å². The summed E-state index contributed by atoms with van der Waals surface area (Å²) < 4.78 is 5.94. The van der Waals surface area contributed by atoms with E-state index in [1.807, 2.05) is 48.5 Å². The highest BCUT2D eigenvalue weighted by Gasteiger charge is 2.34. The van der Waals surface area contributed by atoms with Crippen molar-refractivity contribution in [2.24, 2.45) is 0 Å². The molecule has 0 bridgehead atoms.